The van der Waals surface area contributed by atoms with Gasteiger partial charge in [-0.1, -0.05) is 18.2 Å². The number of para-hydroxylation sites is 2. The molecule has 25 heavy (non-hydrogen) atoms. The third-order valence-electron chi connectivity index (χ3n) is 5.00. The van der Waals surface area contributed by atoms with Crippen molar-refractivity contribution in [2.45, 2.75) is 38.6 Å². The number of fused-ring (bicyclic) bond motifs is 2. The lowest BCUT2D eigenvalue weighted by Crippen LogP contribution is -2.25. The van der Waals surface area contributed by atoms with Gasteiger partial charge in [-0.2, -0.15) is 0 Å². The van der Waals surface area contributed by atoms with Crippen LogP contribution in [0.1, 0.15) is 40.7 Å². The van der Waals surface area contributed by atoms with Crippen LogP contribution in [0, 0.1) is 0 Å². The minimum atomic E-state index is 0.0314. The number of imidazole rings is 1. The highest BCUT2D eigenvalue weighted by Gasteiger charge is 2.12. The number of aromatic nitrogens is 2. The van der Waals surface area contributed by atoms with E-state index in [-0.39, 0.29) is 5.91 Å². The van der Waals surface area contributed by atoms with Gasteiger partial charge >= 0.3 is 0 Å². The summed E-state index contributed by atoms with van der Waals surface area (Å²) in [6.45, 7) is 1.52. The number of rotatable bonds is 5. The third kappa shape index (κ3) is 3.43. The lowest BCUT2D eigenvalue weighted by atomic mass is 9.90. The molecule has 4 rings (SSSR count). The predicted octanol–water partition coefficient (Wildman–Crippen LogP) is 3.74. The van der Waals surface area contributed by atoms with Crippen LogP contribution in [0.25, 0.3) is 11.0 Å². The van der Waals surface area contributed by atoms with Gasteiger partial charge in [-0.15, -0.1) is 0 Å². The molecule has 0 radical (unpaired) electrons. The van der Waals surface area contributed by atoms with Gasteiger partial charge in [-0.05, 0) is 67.5 Å². The molecule has 0 saturated heterocycles. The molecule has 128 valence electrons. The van der Waals surface area contributed by atoms with E-state index in [0.717, 1.165) is 42.4 Å². The zero-order valence-corrected chi connectivity index (χ0v) is 14.4. The Morgan fingerprint density at radius 3 is 2.84 bits per heavy atom. The first kappa shape index (κ1) is 15.9. The topological polar surface area (TPSA) is 46.9 Å². The van der Waals surface area contributed by atoms with Crippen molar-refractivity contribution < 1.29 is 4.79 Å². The molecular formula is C21H23N3O. The maximum absolute atomic E-state index is 12.4. The SMILES string of the molecule is O=C(NCCCn1cnc2ccccc21)c1ccc2c(c1)CCCC2. The van der Waals surface area contributed by atoms with Crippen molar-refractivity contribution in [2.75, 3.05) is 6.54 Å². The number of carbonyl (C=O) groups excluding carboxylic acids is 1. The molecule has 0 bridgehead atoms. The fourth-order valence-corrected chi connectivity index (χ4v) is 3.62. The Morgan fingerprint density at radius 1 is 1.08 bits per heavy atom. The van der Waals surface area contributed by atoms with Crippen molar-refractivity contribution in [3.8, 4) is 0 Å². The molecule has 0 aliphatic heterocycles. The zero-order chi connectivity index (χ0) is 17.1. The number of amides is 1. The first-order valence-corrected chi connectivity index (χ1v) is 9.11. The Bertz CT molecular complexity index is 897. The van der Waals surface area contributed by atoms with E-state index >= 15 is 0 Å². The minimum Gasteiger partial charge on any atom is -0.352 e. The lowest BCUT2D eigenvalue weighted by Gasteiger charge is -2.16. The summed E-state index contributed by atoms with van der Waals surface area (Å²) in [5.41, 5.74) is 5.71. The molecule has 2 aromatic carbocycles. The highest BCUT2D eigenvalue weighted by molar-refractivity contribution is 5.94. The van der Waals surface area contributed by atoms with Gasteiger partial charge in [0.2, 0.25) is 0 Å². The number of hydrogen-bond acceptors (Lipinski definition) is 2. The van der Waals surface area contributed by atoms with Gasteiger partial charge in [-0.25, -0.2) is 4.98 Å². The number of nitrogens with one attached hydrogen (secondary N) is 1. The van der Waals surface area contributed by atoms with Gasteiger partial charge in [0.1, 0.15) is 0 Å². The summed E-state index contributed by atoms with van der Waals surface area (Å²) in [6, 6.07) is 14.3. The summed E-state index contributed by atoms with van der Waals surface area (Å²) < 4.78 is 2.14. The number of nitrogens with zero attached hydrogens (tertiary/aromatic N) is 2. The van der Waals surface area contributed by atoms with Crippen LogP contribution in [-0.4, -0.2) is 22.0 Å². The first-order chi connectivity index (χ1) is 12.3. The lowest BCUT2D eigenvalue weighted by molar-refractivity contribution is 0.0952. The van der Waals surface area contributed by atoms with E-state index in [1.807, 2.05) is 30.6 Å². The van der Waals surface area contributed by atoms with Crippen molar-refractivity contribution in [1.29, 1.82) is 0 Å². The molecule has 0 atom stereocenters. The van der Waals surface area contributed by atoms with Crippen LogP contribution in [0.4, 0.5) is 0 Å². The molecule has 0 spiro atoms. The van der Waals surface area contributed by atoms with E-state index in [4.69, 9.17) is 0 Å². The van der Waals surface area contributed by atoms with Crippen LogP contribution in [0.5, 0.6) is 0 Å². The highest BCUT2D eigenvalue weighted by Crippen LogP contribution is 2.22. The normalized spacial score (nSPS) is 13.6. The molecule has 0 fully saturated rings. The average molecular weight is 333 g/mol. The van der Waals surface area contributed by atoms with E-state index in [0.29, 0.717) is 6.54 Å². The molecule has 4 heteroatoms. The van der Waals surface area contributed by atoms with Crippen LogP contribution in [0.15, 0.2) is 48.8 Å². The van der Waals surface area contributed by atoms with E-state index < -0.39 is 0 Å². The van der Waals surface area contributed by atoms with Crippen LogP contribution < -0.4 is 5.32 Å². The molecule has 1 aromatic heterocycles. The standard InChI is InChI=1S/C21H23N3O/c25-21(18-11-10-16-6-1-2-7-17(16)14-18)22-12-5-13-24-15-23-19-8-3-4-9-20(19)24/h3-4,8-11,14-15H,1-2,5-7,12-13H2,(H,22,25). The van der Waals surface area contributed by atoms with Crippen molar-refractivity contribution >= 4 is 16.9 Å². The number of hydrogen-bond donors (Lipinski definition) is 1. The Morgan fingerprint density at radius 2 is 1.92 bits per heavy atom. The molecule has 0 unspecified atom stereocenters. The smallest absolute Gasteiger partial charge is 0.251 e. The van der Waals surface area contributed by atoms with Crippen LogP contribution in [-0.2, 0) is 19.4 Å². The van der Waals surface area contributed by atoms with Crippen molar-refractivity contribution in [2.24, 2.45) is 0 Å². The molecule has 1 N–H and O–H groups in total. The van der Waals surface area contributed by atoms with E-state index in [2.05, 4.69) is 33.1 Å². The van der Waals surface area contributed by atoms with E-state index in [1.165, 1.54) is 24.0 Å². The quantitative estimate of drug-likeness (QED) is 0.723. The van der Waals surface area contributed by atoms with Gasteiger partial charge in [0.25, 0.3) is 5.91 Å². The number of aryl methyl sites for hydroxylation is 3. The maximum atomic E-state index is 12.4. The van der Waals surface area contributed by atoms with E-state index in [1.54, 1.807) is 0 Å². The Balaban J connectivity index is 1.32. The van der Waals surface area contributed by atoms with Crippen LogP contribution in [0.3, 0.4) is 0 Å². The summed E-state index contributed by atoms with van der Waals surface area (Å²) >= 11 is 0. The van der Waals surface area contributed by atoms with Crippen molar-refractivity contribution in [1.82, 2.24) is 14.9 Å². The summed E-state index contributed by atoms with van der Waals surface area (Å²) in [4.78, 5) is 16.8. The van der Waals surface area contributed by atoms with Gasteiger partial charge in [0, 0.05) is 18.7 Å². The average Bonchev–Trinajstić information content (AvgIpc) is 3.08. The van der Waals surface area contributed by atoms with Gasteiger partial charge in [-0.3, -0.25) is 4.79 Å². The van der Waals surface area contributed by atoms with Gasteiger partial charge in [0.05, 0.1) is 17.4 Å². The zero-order valence-electron chi connectivity index (χ0n) is 14.4. The Kier molecular flexibility index (Phi) is 4.51. The molecule has 1 aliphatic rings. The van der Waals surface area contributed by atoms with Crippen molar-refractivity contribution in [3.05, 3.63) is 65.5 Å². The minimum absolute atomic E-state index is 0.0314. The van der Waals surface area contributed by atoms with Gasteiger partial charge in [0.15, 0.2) is 0 Å². The number of carbonyl (C=O) groups is 1. The molecule has 4 nitrogen and oxygen atoms in total. The predicted molar refractivity (Wildman–Crippen MR) is 99.8 cm³/mol. The second kappa shape index (κ2) is 7.09. The first-order valence-electron chi connectivity index (χ1n) is 9.11. The molecular weight excluding hydrogens is 310 g/mol. The largest absolute Gasteiger partial charge is 0.352 e. The summed E-state index contributed by atoms with van der Waals surface area (Å²) in [5.74, 6) is 0.0314. The summed E-state index contributed by atoms with van der Waals surface area (Å²) in [5, 5.41) is 3.04. The van der Waals surface area contributed by atoms with Crippen LogP contribution >= 0.6 is 0 Å². The second-order valence-electron chi connectivity index (χ2n) is 6.73. The fourth-order valence-electron chi connectivity index (χ4n) is 3.62. The molecule has 0 saturated carbocycles. The summed E-state index contributed by atoms with van der Waals surface area (Å²) in [7, 11) is 0. The second-order valence-corrected chi connectivity index (χ2v) is 6.73. The molecule has 1 amide bonds. The van der Waals surface area contributed by atoms with Crippen LogP contribution in [0.2, 0.25) is 0 Å². The molecule has 1 aliphatic carbocycles. The Hall–Kier alpha value is -2.62. The Labute approximate surface area is 147 Å². The highest BCUT2D eigenvalue weighted by atomic mass is 16.1. The third-order valence-corrected chi connectivity index (χ3v) is 5.00. The van der Waals surface area contributed by atoms with Gasteiger partial charge < -0.3 is 9.88 Å². The number of benzene rings is 2. The molecule has 1 heterocycles. The monoisotopic (exact) mass is 333 g/mol. The van der Waals surface area contributed by atoms with Crippen molar-refractivity contribution in [3.63, 3.8) is 0 Å². The summed E-state index contributed by atoms with van der Waals surface area (Å²) in [6.07, 6.45) is 7.51. The van der Waals surface area contributed by atoms with E-state index in [9.17, 15) is 4.79 Å². The maximum Gasteiger partial charge on any atom is 0.251 e. The molecule has 3 aromatic rings. The fraction of sp³-hybridized carbons (Fsp3) is 0.333.